The Labute approximate surface area is 159 Å². The summed E-state index contributed by atoms with van der Waals surface area (Å²) >= 11 is 1.58. The molecule has 0 radical (unpaired) electrons. The molecule has 0 atom stereocenters. The third-order valence-corrected chi connectivity index (χ3v) is 5.03. The van der Waals surface area contributed by atoms with Crippen LogP contribution in [0, 0.1) is 0 Å². The molecule has 0 aliphatic heterocycles. The van der Waals surface area contributed by atoms with Crippen molar-refractivity contribution in [2.45, 2.75) is 6.42 Å². The fraction of sp³-hybridized carbons (Fsp3) is 0.222. The standard InChI is InChI=1S/C18H18N6O2S/c1-23-10-13(8-21-23)12-7-15(26-2)17-14(9-22-24(17)11-12)18(25)20-4-3-16-19-5-6-27-16/h5-11H,3-4H2,1-2H3,(H,20,25). The maximum atomic E-state index is 12.6. The summed E-state index contributed by atoms with van der Waals surface area (Å²) in [6.45, 7) is 0.514. The molecule has 0 unspecified atom stereocenters. The SMILES string of the molecule is COc1cc(-c2cnn(C)c2)cn2ncc(C(=O)NCCc3nccs3)c12. The fourth-order valence-corrected chi connectivity index (χ4v) is 3.51. The zero-order chi connectivity index (χ0) is 18.8. The average Bonchev–Trinajstić information content (AvgIpc) is 3.41. The molecule has 1 amide bonds. The van der Waals surface area contributed by atoms with Gasteiger partial charge in [0.15, 0.2) is 0 Å². The van der Waals surface area contributed by atoms with Crippen LogP contribution in [-0.4, -0.2) is 43.9 Å². The molecule has 0 saturated carbocycles. The highest BCUT2D eigenvalue weighted by molar-refractivity contribution is 7.09. The van der Waals surface area contributed by atoms with Gasteiger partial charge >= 0.3 is 0 Å². The van der Waals surface area contributed by atoms with Gasteiger partial charge in [0.1, 0.15) is 11.3 Å². The van der Waals surface area contributed by atoms with Crippen molar-refractivity contribution < 1.29 is 9.53 Å². The lowest BCUT2D eigenvalue weighted by Crippen LogP contribution is -2.25. The molecule has 0 aliphatic rings. The summed E-state index contributed by atoms with van der Waals surface area (Å²) in [5, 5.41) is 14.4. The smallest absolute Gasteiger partial charge is 0.255 e. The lowest BCUT2D eigenvalue weighted by Gasteiger charge is -2.08. The number of pyridine rings is 1. The first-order valence-electron chi connectivity index (χ1n) is 8.36. The molecule has 0 saturated heterocycles. The number of hydrogen-bond acceptors (Lipinski definition) is 6. The summed E-state index contributed by atoms with van der Waals surface area (Å²) in [6.07, 6.45) is 9.57. The summed E-state index contributed by atoms with van der Waals surface area (Å²) < 4.78 is 8.93. The molecular weight excluding hydrogens is 364 g/mol. The lowest BCUT2D eigenvalue weighted by atomic mass is 10.1. The zero-order valence-electron chi connectivity index (χ0n) is 14.9. The van der Waals surface area contributed by atoms with Gasteiger partial charge in [-0.15, -0.1) is 11.3 Å². The summed E-state index contributed by atoms with van der Waals surface area (Å²) in [4.78, 5) is 16.8. The van der Waals surface area contributed by atoms with Crippen LogP contribution in [0.5, 0.6) is 5.75 Å². The molecule has 0 aromatic carbocycles. The molecule has 4 aromatic rings. The number of amides is 1. The van der Waals surface area contributed by atoms with Crippen LogP contribution in [0.15, 0.2) is 42.4 Å². The van der Waals surface area contributed by atoms with E-state index >= 15 is 0 Å². The number of nitrogens with one attached hydrogen (secondary N) is 1. The molecule has 0 bridgehead atoms. The van der Waals surface area contributed by atoms with E-state index in [0.717, 1.165) is 16.1 Å². The topological polar surface area (TPSA) is 86.3 Å². The number of rotatable bonds is 6. The van der Waals surface area contributed by atoms with Gasteiger partial charge in [0.25, 0.3) is 5.91 Å². The molecule has 0 aliphatic carbocycles. The molecule has 138 valence electrons. The number of carbonyl (C=O) groups is 1. The van der Waals surface area contributed by atoms with E-state index in [1.807, 2.05) is 30.9 Å². The zero-order valence-corrected chi connectivity index (χ0v) is 15.7. The second kappa shape index (κ2) is 7.20. The third kappa shape index (κ3) is 3.41. The number of fused-ring (bicyclic) bond motifs is 1. The van der Waals surface area contributed by atoms with Crippen molar-refractivity contribution >= 4 is 22.8 Å². The minimum absolute atomic E-state index is 0.186. The summed E-state index contributed by atoms with van der Waals surface area (Å²) in [5.41, 5.74) is 2.97. The minimum Gasteiger partial charge on any atom is -0.494 e. The van der Waals surface area contributed by atoms with Crippen LogP contribution in [0.4, 0.5) is 0 Å². The van der Waals surface area contributed by atoms with E-state index in [1.54, 1.807) is 46.2 Å². The van der Waals surface area contributed by atoms with Crippen molar-refractivity contribution in [2.24, 2.45) is 7.05 Å². The average molecular weight is 382 g/mol. The first kappa shape index (κ1) is 17.2. The van der Waals surface area contributed by atoms with Gasteiger partial charge in [-0.3, -0.25) is 9.48 Å². The summed E-state index contributed by atoms with van der Waals surface area (Å²) in [7, 11) is 3.45. The van der Waals surface area contributed by atoms with Gasteiger partial charge in [-0.2, -0.15) is 10.2 Å². The number of aromatic nitrogens is 5. The van der Waals surface area contributed by atoms with E-state index in [2.05, 4.69) is 20.5 Å². The number of ether oxygens (including phenoxy) is 1. The monoisotopic (exact) mass is 382 g/mol. The molecule has 0 fully saturated rings. The Morgan fingerprint density at radius 1 is 1.26 bits per heavy atom. The van der Waals surface area contributed by atoms with Crippen molar-refractivity contribution in [3.8, 4) is 16.9 Å². The minimum atomic E-state index is -0.186. The Hall–Kier alpha value is -3.20. The van der Waals surface area contributed by atoms with Crippen LogP contribution in [0.25, 0.3) is 16.6 Å². The normalized spacial score (nSPS) is 11.0. The number of aryl methyl sites for hydroxylation is 1. The van der Waals surface area contributed by atoms with Crippen LogP contribution in [0.2, 0.25) is 0 Å². The van der Waals surface area contributed by atoms with Crippen molar-refractivity contribution in [1.29, 1.82) is 0 Å². The second-order valence-electron chi connectivity index (χ2n) is 5.98. The van der Waals surface area contributed by atoms with Gasteiger partial charge in [-0.25, -0.2) is 9.50 Å². The van der Waals surface area contributed by atoms with Gasteiger partial charge in [-0.1, -0.05) is 0 Å². The first-order chi connectivity index (χ1) is 13.2. The summed E-state index contributed by atoms with van der Waals surface area (Å²) in [6, 6.07) is 1.89. The quantitative estimate of drug-likeness (QED) is 0.552. The summed E-state index contributed by atoms with van der Waals surface area (Å²) in [5.74, 6) is 0.396. The van der Waals surface area contributed by atoms with Gasteiger partial charge in [0, 0.05) is 55.1 Å². The van der Waals surface area contributed by atoms with Crippen LogP contribution >= 0.6 is 11.3 Å². The van der Waals surface area contributed by atoms with Gasteiger partial charge in [-0.05, 0) is 6.07 Å². The number of carbonyl (C=O) groups excluding carboxylic acids is 1. The van der Waals surface area contributed by atoms with Crippen molar-refractivity contribution in [3.63, 3.8) is 0 Å². The lowest BCUT2D eigenvalue weighted by molar-refractivity contribution is 0.0955. The van der Waals surface area contributed by atoms with E-state index < -0.39 is 0 Å². The fourth-order valence-electron chi connectivity index (χ4n) is 2.89. The van der Waals surface area contributed by atoms with E-state index in [0.29, 0.717) is 29.8 Å². The van der Waals surface area contributed by atoms with E-state index in [-0.39, 0.29) is 5.91 Å². The molecule has 4 heterocycles. The third-order valence-electron chi connectivity index (χ3n) is 4.19. The highest BCUT2D eigenvalue weighted by Gasteiger charge is 2.18. The highest BCUT2D eigenvalue weighted by atomic mass is 32.1. The molecule has 1 N–H and O–H groups in total. The largest absolute Gasteiger partial charge is 0.494 e. The van der Waals surface area contributed by atoms with Crippen LogP contribution in [-0.2, 0) is 13.5 Å². The van der Waals surface area contributed by atoms with Crippen molar-refractivity contribution in [1.82, 2.24) is 29.7 Å². The predicted molar refractivity (Wildman–Crippen MR) is 102 cm³/mol. The Kier molecular flexibility index (Phi) is 4.59. The Bertz CT molecular complexity index is 1080. The van der Waals surface area contributed by atoms with E-state index in [4.69, 9.17) is 4.74 Å². The Balaban J connectivity index is 1.61. The van der Waals surface area contributed by atoms with Crippen molar-refractivity contribution in [3.05, 3.63) is 53.0 Å². The highest BCUT2D eigenvalue weighted by Crippen LogP contribution is 2.29. The van der Waals surface area contributed by atoms with Gasteiger partial charge in [0.05, 0.1) is 30.1 Å². The van der Waals surface area contributed by atoms with Crippen LogP contribution in [0.3, 0.4) is 0 Å². The Morgan fingerprint density at radius 2 is 2.15 bits per heavy atom. The van der Waals surface area contributed by atoms with Gasteiger partial charge < -0.3 is 10.1 Å². The number of thiazole rings is 1. The number of nitrogens with zero attached hydrogens (tertiary/aromatic N) is 5. The van der Waals surface area contributed by atoms with Crippen molar-refractivity contribution in [2.75, 3.05) is 13.7 Å². The Morgan fingerprint density at radius 3 is 2.85 bits per heavy atom. The maximum absolute atomic E-state index is 12.6. The van der Waals surface area contributed by atoms with E-state index in [1.165, 1.54) is 0 Å². The molecule has 9 heteroatoms. The second-order valence-corrected chi connectivity index (χ2v) is 6.96. The molecule has 4 rings (SSSR count). The molecule has 27 heavy (non-hydrogen) atoms. The van der Waals surface area contributed by atoms with Crippen LogP contribution < -0.4 is 10.1 Å². The van der Waals surface area contributed by atoms with E-state index in [9.17, 15) is 4.79 Å². The first-order valence-corrected chi connectivity index (χ1v) is 9.24. The molecular formula is C18H18N6O2S. The van der Waals surface area contributed by atoms with Gasteiger partial charge in [0.2, 0.25) is 0 Å². The number of methoxy groups -OCH3 is 1. The van der Waals surface area contributed by atoms with Crippen LogP contribution in [0.1, 0.15) is 15.4 Å². The molecule has 0 spiro atoms. The number of hydrogen-bond donors (Lipinski definition) is 1. The maximum Gasteiger partial charge on any atom is 0.255 e. The predicted octanol–water partition coefficient (Wildman–Crippen LogP) is 2.17. The molecule has 8 nitrogen and oxygen atoms in total. The molecule has 4 aromatic heterocycles.